The van der Waals surface area contributed by atoms with Gasteiger partial charge in [0.05, 0.1) is 0 Å². The highest BCUT2D eigenvalue weighted by atomic mass is 16.6. The molecule has 9 heteroatoms. The van der Waals surface area contributed by atoms with Gasteiger partial charge in [-0.3, -0.25) is 14.5 Å². The maximum Gasteiger partial charge on any atom is 0.329 e. The zero-order chi connectivity index (χ0) is 29.5. The molecule has 0 aliphatic carbocycles. The van der Waals surface area contributed by atoms with Crippen LogP contribution in [0.15, 0.2) is 30.3 Å². The summed E-state index contributed by atoms with van der Waals surface area (Å²) in [5, 5.41) is 0. The maximum absolute atomic E-state index is 13.2. The largest absolute Gasteiger partial charge is 0.458 e. The Labute approximate surface area is 239 Å². The van der Waals surface area contributed by atoms with E-state index >= 15 is 0 Å². The number of nitrogens with zero attached hydrogens (tertiary/aromatic N) is 3. The third kappa shape index (κ3) is 9.61. The zero-order valence-electron chi connectivity index (χ0n) is 25.1. The second-order valence-corrected chi connectivity index (χ2v) is 12.8. The topological polar surface area (TPSA) is 96.5 Å². The first kappa shape index (κ1) is 31.6. The van der Waals surface area contributed by atoms with Gasteiger partial charge in [-0.05, 0) is 72.8 Å². The molecule has 2 fully saturated rings. The Bertz CT molecular complexity index is 968. The molecular weight excluding hydrogens is 510 g/mol. The van der Waals surface area contributed by atoms with Crippen LogP contribution in [0.1, 0.15) is 85.6 Å². The first-order valence-corrected chi connectivity index (χ1v) is 14.5. The second kappa shape index (κ2) is 13.6. The van der Waals surface area contributed by atoms with E-state index in [4.69, 9.17) is 9.47 Å². The lowest BCUT2D eigenvalue weighted by Crippen LogP contribution is -2.45. The Morgan fingerprint density at radius 2 is 1.18 bits per heavy atom. The molecule has 0 bridgehead atoms. The zero-order valence-corrected chi connectivity index (χ0v) is 25.1. The molecule has 222 valence electrons. The third-order valence-corrected chi connectivity index (χ3v) is 7.04. The number of hydrogen-bond donors (Lipinski definition) is 0. The van der Waals surface area contributed by atoms with Crippen LogP contribution >= 0.6 is 0 Å². The number of carbonyl (C=O) groups excluding carboxylic acids is 4. The molecule has 0 N–H and O–H groups in total. The Morgan fingerprint density at radius 3 is 1.57 bits per heavy atom. The monoisotopic (exact) mass is 557 g/mol. The quantitative estimate of drug-likeness (QED) is 0.402. The van der Waals surface area contributed by atoms with Crippen LogP contribution in [0.25, 0.3) is 0 Å². The summed E-state index contributed by atoms with van der Waals surface area (Å²) >= 11 is 0. The number of benzene rings is 1. The van der Waals surface area contributed by atoms with Crippen LogP contribution in [0.3, 0.4) is 0 Å². The van der Waals surface area contributed by atoms with Crippen LogP contribution in [0, 0.1) is 0 Å². The number of rotatable bonds is 10. The van der Waals surface area contributed by atoms with Crippen molar-refractivity contribution in [2.24, 2.45) is 0 Å². The summed E-state index contributed by atoms with van der Waals surface area (Å²) in [6.45, 7) is 13.5. The summed E-state index contributed by atoms with van der Waals surface area (Å²) in [6.07, 6.45) is 3.24. The number of esters is 2. The van der Waals surface area contributed by atoms with Gasteiger partial charge < -0.3 is 19.3 Å². The molecule has 40 heavy (non-hydrogen) atoms. The molecule has 0 spiro atoms. The minimum absolute atomic E-state index is 0.0812. The van der Waals surface area contributed by atoms with E-state index in [1.165, 1.54) is 0 Å². The van der Waals surface area contributed by atoms with E-state index in [9.17, 15) is 19.2 Å². The number of likely N-dealkylation sites (tertiary alicyclic amines) is 2. The molecule has 3 rings (SSSR count). The summed E-state index contributed by atoms with van der Waals surface area (Å²) in [6, 6.07) is 8.84. The van der Waals surface area contributed by atoms with Crippen LogP contribution in [-0.4, -0.2) is 87.9 Å². The van der Waals surface area contributed by atoms with Crippen molar-refractivity contribution in [3.05, 3.63) is 35.9 Å². The van der Waals surface area contributed by atoms with E-state index < -0.39 is 23.3 Å². The Kier molecular flexibility index (Phi) is 10.8. The van der Waals surface area contributed by atoms with Gasteiger partial charge >= 0.3 is 11.9 Å². The fourth-order valence-corrected chi connectivity index (χ4v) is 5.27. The van der Waals surface area contributed by atoms with Crippen LogP contribution in [0.2, 0.25) is 0 Å². The first-order valence-electron chi connectivity index (χ1n) is 14.5. The molecule has 2 amide bonds. The summed E-state index contributed by atoms with van der Waals surface area (Å²) in [4.78, 5) is 57.3. The average Bonchev–Trinajstić information content (AvgIpc) is 3.54. The van der Waals surface area contributed by atoms with Gasteiger partial charge in [0.15, 0.2) is 0 Å². The van der Waals surface area contributed by atoms with E-state index in [-0.39, 0.29) is 36.6 Å². The molecule has 1 aromatic carbocycles. The SMILES string of the molecule is CC(C)(C)OC(=O)C1CCCN1C(=O)CCN(CCC(=O)N1CCCC1C(=O)OC(C)(C)C)Cc1ccccc1. The van der Waals surface area contributed by atoms with Crippen LogP contribution in [0.4, 0.5) is 0 Å². The Balaban J connectivity index is 1.61. The Morgan fingerprint density at radius 1 is 0.750 bits per heavy atom. The van der Waals surface area contributed by atoms with Gasteiger partial charge in [0.2, 0.25) is 11.8 Å². The summed E-state index contributed by atoms with van der Waals surface area (Å²) < 4.78 is 11.1. The van der Waals surface area contributed by atoms with Crippen molar-refractivity contribution in [1.29, 1.82) is 0 Å². The number of carbonyl (C=O) groups is 4. The van der Waals surface area contributed by atoms with Gasteiger partial charge in [-0.1, -0.05) is 30.3 Å². The minimum Gasteiger partial charge on any atom is -0.458 e. The van der Waals surface area contributed by atoms with Gasteiger partial charge in [0.1, 0.15) is 23.3 Å². The predicted molar refractivity (Wildman–Crippen MR) is 152 cm³/mol. The molecule has 2 aliphatic rings. The van der Waals surface area contributed by atoms with Crippen LogP contribution in [0.5, 0.6) is 0 Å². The van der Waals surface area contributed by atoms with E-state index in [0.29, 0.717) is 45.6 Å². The maximum atomic E-state index is 13.2. The second-order valence-electron chi connectivity index (χ2n) is 12.8. The van der Waals surface area contributed by atoms with Crippen molar-refractivity contribution >= 4 is 23.8 Å². The van der Waals surface area contributed by atoms with Crippen molar-refractivity contribution in [3.63, 3.8) is 0 Å². The molecule has 1 aromatic rings. The molecule has 0 radical (unpaired) electrons. The van der Waals surface area contributed by atoms with Crippen LogP contribution in [-0.2, 0) is 35.2 Å². The highest BCUT2D eigenvalue weighted by Gasteiger charge is 2.38. The lowest BCUT2D eigenvalue weighted by atomic mass is 10.1. The molecule has 0 saturated carbocycles. The van der Waals surface area contributed by atoms with Crippen molar-refractivity contribution in [2.45, 2.75) is 110 Å². The molecule has 2 atom stereocenters. The van der Waals surface area contributed by atoms with Crippen molar-refractivity contribution in [1.82, 2.24) is 14.7 Å². The Hall–Kier alpha value is -2.94. The lowest BCUT2D eigenvalue weighted by molar-refractivity contribution is -0.163. The summed E-state index contributed by atoms with van der Waals surface area (Å²) in [5.74, 6) is -0.866. The molecule has 0 aromatic heterocycles. The van der Waals surface area contributed by atoms with Gasteiger partial charge in [-0.2, -0.15) is 0 Å². The summed E-state index contributed by atoms with van der Waals surface area (Å²) in [5.41, 5.74) is -0.126. The number of hydrogen-bond acceptors (Lipinski definition) is 7. The van der Waals surface area contributed by atoms with Crippen LogP contribution < -0.4 is 0 Å². The smallest absolute Gasteiger partial charge is 0.329 e. The van der Waals surface area contributed by atoms with E-state index in [1.807, 2.05) is 71.9 Å². The van der Waals surface area contributed by atoms with Crippen molar-refractivity contribution in [3.8, 4) is 0 Å². The van der Waals surface area contributed by atoms with E-state index in [1.54, 1.807) is 9.80 Å². The molecule has 2 heterocycles. The lowest BCUT2D eigenvalue weighted by Gasteiger charge is -2.29. The van der Waals surface area contributed by atoms with E-state index in [0.717, 1.165) is 18.4 Å². The molecule has 2 saturated heterocycles. The molecule has 2 unspecified atom stereocenters. The van der Waals surface area contributed by atoms with Gasteiger partial charge in [0.25, 0.3) is 0 Å². The number of ether oxygens (including phenoxy) is 2. The standard InChI is InChI=1S/C31H47N3O6/c1-30(2,3)39-28(37)24-14-10-18-33(24)26(35)16-20-32(22-23-12-8-7-9-13-23)21-17-27(36)34-19-11-15-25(34)29(38)40-31(4,5)6/h7-9,12-13,24-25H,10-11,14-22H2,1-6H3. The van der Waals surface area contributed by atoms with Gasteiger partial charge in [-0.25, -0.2) is 9.59 Å². The van der Waals surface area contributed by atoms with Crippen molar-refractivity contribution < 1.29 is 28.7 Å². The first-order chi connectivity index (χ1) is 18.7. The number of amides is 2. The predicted octanol–water partition coefficient (Wildman–Crippen LogP) is 3.93. The summed E-state index contributed by atoms with van der Waals surface area (Å²) in [7, 11) is 0. The highest BCUT2D eigenvalue weighted by Crippen LogP contribution is 2.24. The third-order valence-electron chi connectivity index (χ3n) is 7.04. The fraction of sp³-hybridized carbons (Fsp3) is 0.677. The normalized spacial score (nSPS) is 19.7. The average molecular weight is 558 g/mol. The molecular formula is C31H47N3O6. The molecule has 2 aliphatic heterocycles. The highest BCUT2D eigenvalue weighted by molar-refractivity contribution is 5.86. The van der Waals surface area contributed by atoms with Gasteiger partial charge in [-0.15, -0.1) is 0 Å². The fourth-order valence-electron chi connectivity index (χ4n) is 5.27. The molecule has 9 nitrogen and oxygen atoms in total. The van der Waals surface area contributed by atoms with Gasteiger partial charge in [0, 0.05) is 45.6 Å². The van der Waals surface area contributed by atoms with E-state index in [2.05, 4.69) is 4.90 Å². The minimum atomic E-state index is -0.606. The van der Waals surface area contributed by atoms with Crippen molar-refractivity contribution in [2.75, 3.05) is 26.2 Å².